The number of aryl methyl sites for hydroxylation is 1. The summed E-state index contributed by atoms with van der Waals surface area (Å²) >= 11 is 9.58. The average Bonchev–Trinajstić information content (AvgIpc) is 2.39. The highest BCUT2D eigenvalue weighted by Crippen LogP contribution is 2.31. The molecule has 1 unspecified atom stereocenters. The van der Waals surface area contributed by atoms with E-state index in [0.717, 1.165) is 21.7 Å². The van der Waals surface area contributed by atoms with Gasteiger partial charge in [0.15, 0.2) is 0 Å². The maximum Gasteiger partial charge on any atom is 0.137 e. The van der Waals surface area contributed by atoms with E-state index >= 15 is 0 Å². The number of nitrogens with one attached hydrogen (secondary N) is 1. The Kier molecular flexibility index (Phi) is 4.61. The molecule has 0 heterocycles. The molecule has 0 saturated heterocycles. The van der Waals surface area contributed by atoms with E-state index in [1.165, 1.54) is 6.07 Å². The lowest BCUT2D eigenvalue weighted by atomic mass is 9.97. The molecule has 100 valence electrons. The molecule has 1 nitrogen and oxygen atoms in total. The van der Waals surface area contributed by atoms with E-state index in [4.69, 9.17) is 11.6 Å². The summed E-state index contributed by atoms with van der Waals surface area (Å²) in [7, 11) is 1.86. The summed E-state index contributed by atoms with van der Waals surface area (Å²) in [4.78, 5) is 0. The van der Waals surface area contributed by atoms with Crippen LogP contribution in [-0.2, 0) is 0 Å². The molecule has 1 N–H and O–H groups in total. The molecule has 2 aromatic rings. The molecule has 0 aliphatic rings. The molecule has 0 spiro atoms. The van der Waals surface area contributed by atoms with E-state index in [1.807, 2.05) is 32.2 Å². The molecule has 0 bridgehead atoms. The Hall–Kier alpha value is -0.900. The second kappa shape index (κ2) is 6.04. The Labute approximate surface area is 125 Å². The molecule has 19 heavy (non-hydrogen) atoms. The predicted octanol–water partition coefficient (Wildman–Crippen LogP) is 4.86. The lowest BCUT2D eigenvalue weighted by Crippen LogP contribution is -2.18. The van der Waals surface area contributed by atoms with Crippen LogP contribution in [0.2, 0.25) is 5.02 Å². The largest absolute Gasteiger partial charge is 0.309 e. The highest BCUT2D eigenvalue weighted by molar-refractivity contribution is 9.10. The zero-order valence-corrected chi connectivity index (χ0v) is 13.0. The van der Waals surface area contributed by atoms with Gasteiger partial charge in [-0.1, -0.05) is 35.9 Å². The molecule has 0 saturated carbocycles. The van der Waals surface area contributed by atoms with E-state index < -0.39 is 0 Å². The van der Waals surface area contributed by atoms with Crippen LogP contribution in [0.15, 0.2) is 40.9 Å². The van der Waals surface area contributed by atoms with E-state index in [-0.39, 0.29) is 11.9 Å². The van der Waals surface area contributed by atoms with Crippen LogP contribution in [0, 0.1) is 12.7 Å². The van der Waals surface area contributed by atoms with Crippen LogP contribution in [-0.4, -0.2) is 7.05 Å². The Morgan fingerprint density at radius 3 is 2.63 bits per heavy atom. The molecule has 0 radical (unpaired) electrons. The number of halogens is 3. The first kappa shape index (κ1) is 14.5. The number of benzene rings is 2. The van der Waals surface area contributed by atoms with Crippen LogP contribution in [0.25, 0.3) is 0 Å². The summed E-state index contributed by atoms with van der Waals surface area (Å²) < 4.78 is 13.8. The molecule has 2 aromatic carbocycles. The molecule has 2 rings (SSSR count). The third-order valence-corrected chi connectivity index (χ3v) is 4.22. The number of hydrogen-bond acceptors (Lipinski definition) is 1. The van der Waals surface area contributed by atoms with E-state index in [0.29, 0.717) is 4.47 Å². The average molecular weight is 343 g/mol. The van der Waals surface area contributed by atoms with Gasteiger partial charge in [0.1, 0.15) is 5.82 Å². The lowest BCUT2D eigenvalue weighted by Gasteiger charge is -2.20. The van der Waals surface area contributed by atoms with Crippen molar-refractivity contribution in [2.45, 2.75) is 13.0 Å². The normalized spacial score (nSPS) is 12.5. The minimum atomic E-state index is -0.269. The number of rotatable bonds is 3. The van der Waals surface area contributed by atoms with Crippen LogP contribution >= 0.6 is 27.5 Å². The van der Waals surface area contributed by atoms with Crippen molar-refractivity contribution in [3.05, 3.63) is 68.4 Å². The highest BCUT2D eigenvalue weighted by Gasteiger charge is 2.17. The summed E-state index contributed by atoms with van der Waals surface area (Å²) in [6.45, 7) is 1.97. The molecule has 0 aromatic heterocycles. The van der Waals surface area contributed by atoms with Crippen molar-refractivity contribution < 1.29 is 4.39 Å². The first-order chi connectivity index (χ1) is 9.04. The van der Waals surface area contributed by atoms with Gasteiger partial charge in [0.2, 0.25) is 0 Å². The van der Waals surface area contributed by atoms with Crippen LogP contribution in [0.1, 0.15) is 22.7 Å². The van der Waals surface area contributed by atoms with E-state index in [2.05, 4.69) is 21.2 Å². The minimum absolute atomic E-state index is 0.0655. The third kappa shape index (κ3) is 2.99. The van der Waals surface area contributed by atoms with Crippen molar-refractivity contribution in [2.75, 3.05) is 7.05 Å². The zero-order valence-electron chi connectivity index (χ0n) is 10.7. The molecule has 1 atom stereocenters. The summed E-state index contributed by atoms with van der Waals surface area (Å²) in [5.41, 5.74) is 2.98. The molecule has 0 amide bonds. The third-order valence-electron chi connectivity index (χ3n) is 3.10. The molecular weight excluding hydrogens is 329 g/mol. The van der Waals surface area contributed by atoms with Gasteiger partial charge in [0.05, 0.1) is 10.5 Å². The first-order valence-corrected chi connectivity index (χ1v) is 7.09. The number of hydrogen-bond donors (Lipinski definition) is 1. The monoisotopic (exact) mass is 341 g/mol. The molecular formula is C15H14BrClFN. The summed E-state index contributed by atoms with van der Waals surface area (Å²) in [5.74, 6) is -0.269. The van der Waals surface area contributed by atoms with Crippen molar-refractivity contribution in [3.8, 4) is 0 Å². The van der Waals surface area contributed by atoms with Crippen molar-refractivity contribution >= 4 is 27.5 Å². The van der Waals surface area contributed by atoms with Crippen LogP contribution in [0.4, 0.5) is 4.39 Å². The van der Waals surface area contributed by atoms with Crippen LogP contribution in [0.3, 0.4) is 0 Å². The predicted molar refractivity (Wildman–Crippen MR) is 81.2 cm³/mol. The van der Waals surface area contributed by atoms with E-state index in [9.17, 15) is 4.39 Å². The standard InChI is InChI=1S/C15H14BrClFN/c1-9-4-3-5-11(14(9)17)15(19-2)10-6-7-13(18)12(16)8-10/h3-8,15,19H,1-2H3. The van der Waals surface area contributed by atoms with Gasteiger partial charge >= 0.3 is 0 Å². The van der Waals surface area contributed by atoms with Gasteiger partial charge < -0.3 is 5.32 Å². The topological polar surface area (TPSA) is 12.0 Å². The molecule has 0 aliphatic carbocycles. The van der Waals surface area contributed by atoms with Crippen molar-refractivity contribution in [1.82, 2.24) is 5.32 Å². The minimum Gasteiger partial charge on any atom is -0.309 e. The molecule has 4 heteroatoms. The Morgan fingerprint density at radius 1 is 1.26 bits per heavy atom. The van der Waals surface area contributed by atoms with Gasteiger partial charge in [-0.25, -0.2) is 4.39 Å². The quantitative estimate of drug-likeness (QED) is 0.840. The fourth-order valence-electron chi connectivity index (χ4n) is 2.09. The maximum absolute atomic E-state index is 13.3. The maximum atomic E-state index is 13.3. The summed E-state index contributed by atoms with van der Waals surface area (Å²) in [6.07, 6.45) is 0. The lowest BCUT2D eigenvalue weighted by molar-refractivity contribution is 0.616. The fourth-order valence-corrected chi connectivity index (χ4v) is 2.72. The van der Waals surface area contributed by atoms with Gasteiger partial charge in [-0.2, -0.15) is 0 Å². The Morgan fingerprint density at radius 2 is 2.00 bits per heavy atom. The van der Waals surface area contributed by atoms with Crippen LogP contribution < -0.4 is 5.32 Å². The van der Waals surface area contributed by atoms with Gasteiger partial charge in [-0.05, 0) is 58.7 Å². The van der Waals surface area contributed by atoms with Gasteiger partial charge in [0.25, 0.3) is 0 Å². The smallest absolute Gasteiger partial charge is 0.137 e. The second-order valence-corrected chi connectivity index (χ2v) is 5.61. The zero-order chi connectivity index (χ0) is 14.0. The summed E-state index contributed by atoms with van der Waals surface area (Å²) in [5, 5.41) is 3.96. The first-order valence-electron chi connectivity index (χ1n) is 5.92. The van der Waals surface area contributed by atoms with Gasteiger partial charge in [-0.3, -0.25) is 0 Å². The van der Waals surface area contributed by atoms with Crippen LogP contribution in [0.5, 0.6) is 0 Å². The fraction of sp³-hybridized carbons (Fsp3) is 0.200. The van der Waals surface area contributed by atoms with Crippen molar-refractivity contribution in [2.24, 2.45) is 0 Å². The van der Waals surface area contributed by atoms with Gasteiger partial charge in [0, 0.05) is 5.02 Å². The Bertz CT molecular complexity index is 601. The SMILES string of the molecule is CNC(c1ccc(F)c(Br)c1)c1cccc(C)c1Cl. The second-order valence-electron chi connectivity index (χ2n) is 4.37. The van der Waals surface area contributed by atoms with Crippen molar-refractivity contribution in [1.29, 1.82) is 0 Å². The van der Waals surface area contributed by atoms with Gasteiger partial charge in [-0.15, -0.1) is 0 Å². The summed E-state index contributed by atoms with van der Waals surface area (Å²) in [6, 6.07) is 10.8. The van der Waals surface area contributed by atoms with Crippen molar-refractivity contribution in [3.63, 3.8) is 0 Å². The highest BCUT2D eigenvalue weighted by atomic mass is 79.9. The molecule has 0 aliphatic heterocycles. The Balaban J connectivity index is 2.50. The van der Waals surface area contributed by atoms with E-state index in [1.54, 1.807) is 12.1 Å². The molecule has 0 fully saturated rings.